The summed E-state index contributed by atoms with van der Waals surface area (Å²) in [6.07, 6.45) is 6.32. The van der Waals surface area contributed by atoms with E-state index in [1.165, 1.54) is 24.6 Å². The molecule has 0 atom stereocenters. The van der Waals surface area contributed by atoms with Gasteiger partial charge in [-0.2, -0.15) is 0 Å². The average Bonchev–Trinajstić information content (AvgIpc) is 2.30. The Morgan fingerprint density at radius 2 is 1.69 bits per heavy atom. The molecule has 0 aliphatic carbocycles. The quantitative estimate of drug-likeness (QED) is 0.284. The fraction of sp³-hybridized carbons (Fsp3) is 0.769. The molecule has 0 unspecified atom stereocenters. The molecule has 0 heterocycles. The van der Waals surface area contributed by atoms with Gasteiger partial charge in [-0.25, -0.2) is 0 Å². The summed E-state index contributed by atoms with van der Waals surface area (Å²) >= 11 is 0. The monoisotopic (exact) mass is 246 g/mol. The van der Waals surface area contributed by atoms with Crippen LogP contribution in [0.3, 0.4) is 0 Å². The Bertz CT molecular complexity index is 224. The normalized spacial score (nSPS) is 12.2. The molecule has 3 heteroatoms. The van der Waals surface area contributed by atoms with Gasteiger partial charge in [-0.15, -0.1) is 0 Å². The van der Waals surface area contributed by atoms with Gasteiger partial charge in [0.1, 0.15) is 0 Å². The van der Waals surface area contributed by atoms with E-state index in [-0.39, 0.29) is 5.97 Å². The molecule has 0 amide bonds. The van der Waals surface area contributed by atoms with Crippen LogP contribution < -0.4 is 0 Å². The SMILES string of the molecule is C=C(C)C(=O)OCCC[PH](CC)(CC)CC. The number of rotatable bonds is 8. The molecule has 0 aromatic rings. The third-order valence-corrected chi connectivity index (χ3v) is 9.60. The van der Waals surface area contributed by atoms with Crippen molar-refractivity contribution in [3.8, 4) is 0 Å². The van der Waals surface area contributed by atoms with Crippen LogP contribution in [0.1, 0.15) is 34.1 Å². The molecule has 0 N–H and O–H groups in total. The molecule has 0 aliphatic rings. The number of esters is 1. The third-order valence-electron chi connectivity index (χ3n) is 3.68. The summed E-state index contributed by atoms with van der Waals surface area (Å²) < 4.78 is 5.12. The molecule has 0 aliphatic heterocycles. The Balaban J connectivity index is 3.88. The molecular formula is C13H27O2P. The standard InChI is InChI=1S/C13H27O2P/c1-6-16(7-2,8-3)11-9-10-15-13(14)12(4)5/h16H,4,6-11H2,1-3,5H3. The van der Waals surface area contributed by atoms with E-state index in [9.17, 15) is 4.79 Å². The van der Waals surface area contributed by atoms with E-state index in [2.05, 4.69) is 27.4 Å². The van der Waals surface area contributed by atoms with Gasteiger partial charge >= 0.3 is 100 Å². The molecular weight excluding hydrogens is 219 g/mol. The molecule has 2 nitrogen and oxygen atoms in total. The van der Waals surface area contributed by atoms with Crippen LogP contribution in [0.5, 0.6) is 0 Å². The molecule has 0 aromatic carbocycles. The minimum atomic E-state index is -1.03. The number of carbonyl (C=O) groups is 1. The van der Waals surface area contributed by atoms with E-state index >= 15 is 0 Å². The molecule has 0 bridgehead atoms. The fourth-order valence-corrected chi connectivity index (χ4v) is 5.47. The molecule has 96 valence electrons. The molecule has 0 saturated carbocycles. The first-order chi connectivity index (χ1) is 7.51. The molecule has 0 saturated heterocycles. The van der Waals surface area contributed by atoms with Gasteiger partial charge in [0, 0.05) is 0 Å². The number of ether oxygens (including phenoxy) is 1. The predicted molar refractivity (Wildman–Crippen MR) is 75.2 cm³/mol. The Morgan fingerprint density at radius 3 is 2.06 bits per heavy atom. The van der Waals surface area contributed by atoms with Crippen LogP contribution in [-0.2, 0) is 9.53 Å². The van der Waals surface area contributed by atoms with Gasteiger partial charge in [0.15, 0.2) is 0 Å². The van der Waals surface area contributed by atoms with E-state index in [1.807, 2.05) is 0 Å². The van der Waals surface area contributed by atoms with Crippen molar-refractivity contribution in [1.82, 2.24) is 0 Å². The predicted octanol–water partition coefficient (Wildman–Crippen LogP) is 3.31. The fourth-order valence-electron chi connectivity index (χ4n) is 2.02. The second-order valence-electron chi connectivity index (χ2n) is 4.58. The summed E-state index contributed by atoms with van der Waals surface area (Å²) in [5.74, 6) is -0.253. The number of hydrogen-bond acceptors (Lipinski definition) is 2. The average molecular weight is 246 g/mol. The second kappa shape index (κ2) is 7.84. The summed E-state index contributed by atoms with van der Waals surface area (Å²) in [5, 5.41) is 0. The van der Waals surface area contributed by atoms with Crippen LogP contribution in [-0.4, -0.2) is 37.2 Å². The zero-order valence-corrected chi connectivity index (χ0v) is 12.3. The summed E-state index contributed by atoms with van der Waals surface area (Å²) in [6.45, 7) is 12.7. The number of carbonyl (C=O) groups excluding carboxylic acids is 1. The molecule has 0 aromatic heterocycles. The first kappa shape index (κ1) is 15.6. The molecule has 0 spiro atoms. The van der Waals surface area contributed by atoms with Crippen molar-refractivity contribution in [2.24, 2.45) is 0 Å². The van der Waals surface area contributed by atoms with Crippen molar-refractivity contribution in [1.29, 1.82) is 0 Å². The van der Waals surface area contributed by atoms with Crippen molar-refractivity contribution in [2.45, 2.75) is 34.1 Å². The summed E-state index contributed by atoms with van der Waals surface area (Å²) in [6, 6.07) is 0. The Labute approximate surface area is 101 Å². The zero-order chi connectivity index (χ0) is 12.6. The molecule has 0 fully saturated rings. The Hall–Kier alpha value is -0.360. The van der Waals surface area contributed by atoms with Gasteiger partial charge < -0.3 is 0 Å². The van der Waals surface area contributed by atoms with Gasteiger partial charge in [-0.05, 0) is 0 Å². The summed E-state index contributed by atoms with van der Waals surface area (Å²) in [4.78, 5) is 11.2. The van der Waals surface area contributed by atoms with Crippen LogP contribution >= 0.6 is 7.26 Å². The van der Waals surface area contributed by atoms with E-state index in [0.717, 1.165) is 6.42 Å². The van der Waals surface area contributed by atoms with Crippen molar-refractivity contribution in [2.75, 3.05) is 31.3 Å². The van der Waals surface area contributed by atoms with Crippen molar-refractivity contribution >= 4 is 13.2 Å². The van der Waals surface area contributed by atoms with E-state index in [0.29, 0.717) is 12.2 Å². The summed E-state index contributed by atoms with van der Waals surface area (Å²) in [5.41, 5.74) is 0.491. The van der Waals surface area contributed by atoms with Crippen LogP contribution in [0.25, 0.3) is 0 Å². The maximum atomic E-state index is 11.2. The molecule has 0 radical (unpaired) electrons. The minimum absolute atomic E-state index is 0.253. The van der Waals surface area contributed by atoms with Gasteiger partial charge in [-0.1, -0.05) is 0 Å². The van der Waals surface area contributed by atoms with Crippen LogP contribution in [0.4, 0.5) is 0 Å². The van der Waals surface area contributed by atoms with Crippen molar-refractivity contribution in [3.63, 3.8) is 0 Å². The molecule has 0 rings (SSSR count). The second-order valence-corrected chi connectivity index (χ2v) is 10.2. The van der Waals surface area contributed by atoms with Gasteiger partial charge in [0.25, 0.3) is 0 Å². The van der Waals surface area contributed by atoms with E-state index in [4.69, 9.17) is 4.74 Å². The van der Waals surface area contributed by atoms with Gasteiger partial charge in [0.05, 0.1) is 0 Å². The maximum absolute atomic E-state index is 11.2. The molecule has 16 heavy (non-hydrogen) atoms. The van der Waals surface area contributed by atoms with Crippen molar-refractivity contribution in [3.05, 3.63) is 12.2 Å². The van der Waals surface area contributed by atoms with Crippen LogP contribution in [0.15, 0.2) is 12.2 Å². The van der Waals surface area contributed by atoms with Crippen molar-refractivity contribution < 1.29 is 9.53 Å². The number of hydrogen-bond donors (Lipinski definition) is 0. The topological polar surface area (TPSA) is 26.3 Å². The first-order valence-corrected chi connectivity index (χ1v) is 9.16. The van der Waals surface area contributed by atoms with Gasteiger partial charge in [-0.3, -0.25) is 0 Å². The van der Waals surface area contributed by atoms with Crippen LogP contribution in [0, 0.1) is 0 Å². The third kappa shape index (κ3) is 5.12. The summed E-state index contributed by atoms with van der Waals surface area (Å²) in [7, 11) is -1.03. The van der Waals surface area contributed by atoms with E-state index in [1.54, 1.807) is 6.92 Å². The van der Waals surface area contributed by atoms with E-state index < -0.39 is 7.26 Å². The Morgan fingerprint density at radius 1 is 1.19 bits per heavy atom. The van der Waals surface area contributed by atoms with Crippen LogP contribution in [0.2, 0.25) is 0 Å². The first-order valence-electron chi connectivity index (χ1n) is 6.34. The zero-order valence-electron chi connectivity index (χ0n) is 11.3. The Kier molecular flexibility index (Phi) is 7.66. The van der Waals surface area contributed by atoms with Gasteiger partial charge in [0.2, 0.25) is 0 Å².